The van der Waals surface area contributed by atoms with Crippen LogP contribution in [0.3, 0.4) is 0 Å². The second-order valence-corrected chi connectivity index (χ2v) is 6.91. The summed E-state index contributed by atoms with van der Waals surface area (Å²) in [5, 5.41) is 6.82. The lowest BCUT2D eigenvalue weighted by molar-refractivity contribution is 0.0420. The van der Waals surface area contributed by atoms with E-state index in [2.05, 4.69) is 39.3 Å². The number of nitrogens with zero attached hydrogens (tertiary/aromatic N) is 3. The summed E-state index contributed by atoms with van der Waals surface area (Å²) < 4.78 is 11.1. The van der Waals surface area contributed by atoms with Crippen LogP contribution in [-0.4, -0.2) is 101 Å². The zero-order valence-electron chi connectivity index (χ0n) is 16.7. The molecule has 2 aliphatic rings. The molecule has 2 rings (SSSR count). The van der Waals surface area contributed by atoms with Crippen molar-refractivity contribution in [1.29, 1.82) is 0 Å². The summed E-state index contributed by atoms with van der Waals surface area (Å²) in [7, 11) is 1.83. The molecule has 0 aromatic heterocycles. The number of hydrogen-bond acceptors (Lipinski definition) is 5. The molecule has 0 spiro atoms. The van der Waals surface area contributed by atoms with E-state index in [9.17, 15) is 0 Å². The first-order valence-electron chi connectivity index (χ1n) is 9.83. The van der Waals surface area contributed by atoms with Gasteiger partial charge in [-0.3, -0.25) is 9.89 Å². The van der Waals surface area contributed by atoms with Crippen molar-refractivity contribution >= 4 is 29.9 Å². The molecule has 0 saturated carbocycles. The molecular formula is C18H38IN5O2. The summed E-state index contributed by atoms with van der Waals surface area (Å²) >= 11 is 0. The Morgan fingerprint density at radius 1 is 1.27 bits per heavy atom. The van der Waals surface area contributed by atoms with E-state index in [0.717, 1.165) is 71.3 Å². The molecule has 26 heavy (non-hydrogen) atoms. The van der Waals surface area contributed by atoms with Crippen molar-refractivity contribution in [1.82, 2.24) is 20.4 Å². The lowest BCUT2D eigenvalue weighted by atomic mass is 10.2. The quantitative estimate of drug-likeness (QED) is 0.221. The van der Waals surface area contributed by atoms with E-state index in [-0.39, 0.29) is 24.0 Å². The molecule has 2 saturated heterocycles. The number of piperazine rings is 1. The van der Waals surface area contributed by atoms with E-state index in [1.54, 1.807) is 0 Å². The van der Waals surface area contributed by atoms with E-state index >= 15 is 0 Å². The largest absolute Gasteiger partial charge is 0.379 e. The number of ether oxygens (including phenoxy) is 2. The van der Waals surface area contributed by atoms with Crippen LogP contribution in [0.2, 0.25) is 0 Å². The van der Waals surface area contributed by atoms with Gasteiger partial charge >= 0.3 is 0 Å². The maximum Gasteiger partial charge on any atom is 0.191 e. The predicted octanol–water partition coefficient (Wildman–Crippen LogP) is 0.991. The van der Waals surface area contributed by atoms with Gasteiger partial charge in [0.2, 0.25) is 0 Å². The minimum absolute atomic E-state index is 0. The van der Waals surface area contributed by atoms with Crippen molar-refractivity contribution in [2.45, 2.75) is 38.8 Å². The van der Waals surface area contributed by atoms with Crippen molar-refractivity contribution in [3.63, 3.8) is 0 Å². The number of aliphatic imine (C=N–C) groups is 1. The number of nitrogens with one attached hydrogen (secondary N) is 2. The van der Waals surface area contributed by atoms with Crippen molar-refractivity contribution in [2.24, 2.45) is 4.99 Å². The fraction of sp³-hybridized carbons (Fsp3) is 0.944. The van der Waals surface area contributed by atoms with Gasteiger partial charge in [-0.25, -0.2) is 0 Å². The molecule has 8 heteroatoms. The Hall–Kier alpha value is -0.160. The monoisotopic (exact) mass is 483 g/mol. The highest BCUT2D eigenvalue weighted by Gasteiger charge is 2.20. The summed E-state index contributed by atoms with van der Waals surface area (Å²) in [6.07, 6.45) is 2.30. The summed E-state index contributed by atoms with van der Waals surface area (Å²) in [4.78, 5) is 9.38. The molecule has 2 heterocycles. The second kappa shape index (κ2) is 13.9. The highest BCUT2D eigenvalue weighted by Crippen LogP contribution is 2.08. The predicted molar refractivity (Wildman–Crippen MR) is 118 cm³/mol. The molecule has 154 valence electrons. The van der Waals surface area contributed by atoms with E-state index < -0.39 is 0 Å². The molecule has 0 radical (unpaired) electrons. The molecule has 0 aromatic rings. The minimum atomic E-state index is 0. The normalized spacial score (nSPS) is 23.5. The van der Waals surface area contributed by atoms with E-state index in [1.807, 2.05) is 7.05 Å². The van der Waals surface area contributed by atoms with Crippen LogP contribution >= 0.6 is 24.0 Å². The fourth-order valence-corrected chi connectivity index (χ4v) is 3.29. The summed E-state index contributed by atoms with van der Waals surface area (Å²) in [5.74, 6) is 0.878. The van der Waals surface area contributed by atoms with Gasteiger partial charge in [-0.2, -0.15) is 0 Å². The molecule has 2 fully saturated rings. The maximum atomic E-state index is 5.78. The molecule has 7 nitrogen and oxygen atoms in total. The molecule has 0 amide bonds. The van der Waals surface area contributed by atoms with Crippen LogP contribution in [0.15, 0.2) is 4.99 Å². The van der Waals surface area contributed by atoms with Crippen molar-refractivity contribution in [3.8, 4) is 0 Å². The van der Waals surface area contributed by atoms with Gasteiger partial charge in [-0.15, -0.1) is 24.0 Å². The van der Waals surface area contributed by atoms with Gasteiger partial charge in [-0.05, 0) is 26.3 Å². The molecule has 0 aromatic carbocycles. The second-order valence-electron chi connectivity index (χ2n) is 6.91. The first-order valence-corrected chi connectivity index (χ1v) is 9.83. The van der Waals surface area contributed by atoms with Crippen molar-refractivity contribution < 1.29 is 9.47 Å². The van der Waals surface area contributed by atoms with Gasteiger partial charge in [0.25, 0.3) is 0 Å². The lowest BCUT2D eigenvalue weighted by Crippen LogP contribution is -2.53. The number of halogens is 1. The Morgan fingerprint density at radius 2 is 2.04 bits per heavy atom. The fourth-order valence-electron chi connectivity index (χ4n) is 3.29. The van der Waals surface area contributed by atoms with Crippen LogP contribution in [0.1, 0.15) is 26.7 Å². The molecule has 2 unspecified atom stereocenters. The average molecular weight is 483 g/mol. The summed E-state index contributed by atoms with van der Waals surface area (Å²) in [6.45, 7) is 14.5. The van der Waals surface area contributed by atoms with Gasteiger partial charge in [-0.1, -0.05) is 6.92 Å². The van der Waals surface area contributed by atoms with Crippen LogP contribution in [0.25, 0.3) is 0 Å². The number of hydrogen-bond donors (Lipinski definition) is 2. The first-order chi connectivity index (χ1) is 12.2. The molecule has 0 aliphatic carbocycles. The average Bonchev–Trinajstić information content (AvgIpc) is 3.17. The molecular weight excluding hydrogens is 445 g/mol. The Kier molecular flexibility index (Phi) is 12.8. The van der Waals surface area contributed by atoms with Gasteiger partial charge in [0.1, 0.15) is 0 Å². The zero-order chi connectivity index (χ0) is 17.9. The van der Waals surface area contributed by atoms with Crippen LogP contribution in [-0.2, 0) is 9.47 Å². The van der Waals surface area contributed by atoms with Gasteiger partial charge < -0.3 is 25.0 Å². The summed E-state index contributed by atoms with van der Waals surface area (Å²) in [6, 6.07) is 0.517. The maximum absolute atomic E-state index is 5.78. The zero-order valence-corrected chi connectivity index (χ0v) is 19.0. The highest BCUT2D eigenvalue weighted by atomic mass is 127. The molecule has 2 atom stereocenters. The smallest absolute Gasteiger partial charge is 0.191 e. The van der Waals surface area contributed by atoms with E-state index in [4.69, 9.17) is 9.47 Å². The molecule has 0 bridgehead atoms. The lowest BCUT2D eigenvalue weighted by Gasteiger charge is -2.37. The summed E-state index contributed by atoms with van der Waals surface area (Å²) in [5.41, 5.74) is 0. The van der Waals surface area contributed by atoms with Crippen LogP contribution in [0, 0.1) is 0 Å². The first kappa shape index (κ1) is 23.9. The van der Waals surface area contributed by atoms with Crippen LogP contribution in [0.5, 0.6) is 0 Å². The van der Waals surface area contributed by atoms with Crippen LogP contribution < -0.4 is 10.6 Å². The van der Waals surface area contributed by atoms with Crippen molar-refractivity contribution in [3.05, 3.63) is 0 Å². The highest BCUT2D eigenvalue weighted by molar-refractivity contribution is 14.0. The SMILES string of the molecule is CCN1CCN(C(C)CNC(=NC)NCCCOC2CCOC2)CC1.I. The molecule has 2 N–H and O–H groups in total. The third-order valence-corrected chi connectivity index (χ3v) is 5.12. The van der Waals surface area contributed by atoms with Crippen molar-refractivity contribution in [2.75, 3.05) is 72.7 Å². The number of rotatable bonds is 9. The van der Waals surface area contributed by atoms with E-state index in [0.29, 0.717) is 12.1 Å². The number of likely N-dealkylation sites (N-methyl/N-ethyl adjacent to an activating group) is 1. The standard InChI is InChI=1S/C18H37N5O2.HI/c1-4-22-8-10-23(11-9-22)16(2)14-21-18(19-3)20-7-5-12-25-17-6-13-24-15-17;/h16-17H,4-15H2,1-3H3,(H2,19,20,21);1H. The van der Waals surface area contributed by atoms with Crippen LogP contribution in [0.4, 0.5) is 0 Å². The van der Waals surface area contributed by atoms with E-state index in [1.165, 1.54) is 13.1 Å². The van der Waals surface area contributed by atoms with Gasteiger partial charge in [0, 0.05) is 65.6 Å². The Labute approximate surface area is 176 Å². The van der Waals surface area contributed by atoms with Gasteiger partial charge in [0.05, 0.1) is 12.7 Å². The number of guanidine groups is 1. The Bertz CT molecular complexity index is 386. The Morgan fingerprint density at radius 3 is 2.65 bits per heavy atom. The third kappa shape index (κ3) is 8.69. The van der Waals surface area contributed by atoms with Gasteiger partial charge in [0.15, 0.2) is 5.96 Å². The third-order valence-electron chi connectivity index (χ3n) is 5.12. The topological polar surface area (TPSA) is 61.4 Å². The Balaban J connectivity index is 0.00000338. The molecule has 2 aliphatic heterocycles. The minimum Gasteiger partial charge on any atom is -0.379 e.